The van der Waals surface area contributed by atoms with E-state index in [4.69, 9.17) is 9.16 Å². The van der Waals surface area contributed by atoms with Crippen LogP contribution in [0.3, 0.4) is 0 Å². The molecule has 26 heavy (non-hydrogen) atoms. The fraction of sp³-hybridized carbons (Fsp3) is 0.905. The molecule has 5 heteroatoms. The molecule has 0 aromatic rings. The Balaban J connectivity index is 5.46. The van der Waals surface area contributed by atoms with Crippen molar-refractivity contribution in [1.82, 2.24) is 0 Å². The van der Waals surface area contributed by atoms with E-state index in [0.717, 1.165) is 25.7 Å². The van der Waals surface area contributed by atoms with Gasteiger partial charge in [-0.3, -0.25) is 4.79 Å². The zero-order valence-corrected chi connectivity index (χ0v) is 19.8. The van der Waals surface area contributed by atoms with E-state index in [0.29, 0.717) is 6.61 Å². The van der Waals surface area contributed by atoms with Gasteiger partial charge < -0.3 is 14.0 Å². The second kappa shape index (κ2) is 10.1. The number of rotatable bonds is 12. The van der Waals surface area contributed by atoms with Crippen molar-refractivity contribution in [1.29, 1.82) is 0 Å². The van der Waals surface area contributed by atoms with E-state index in [9.17, 15) is 9.59 Å². The molecule has 0 aromatic carbocycles. The van der Waals surface area contributed by atoms with E-state index in [1.54, 1.807) is 13.8 Å². The maximum absolute atomic E-state index is 12.9. The number of carbonyl (C=O) groups excluding carboxylic acids is 2. The topological polar surface area (TPSA) is 52.6 Å². The van der Waals surface area contributed by atoms with Crippen molar-refractivity contribution in [3.63, 3.8) is 0 Å². The predicted molar refractivity (Wildman–Crippen MR) is 111 cm³/mol. The number of hydrogen-bond acceptors (Lipinski definition) is 4. The molecule has 0 aliphatic heterocycles. The van der Waals surface area contributed by atoms with Crippen molar-refractivity contribution < 1.29 is 18.8 Å². The second-order valence-electron chi connectivity index (χ2n) is 9.74. The fourth-order valence-corrected chi connectivity index (χ4v) is 4.10. The molecule has 0 saturated carbocycles. The average molecular weight is 387 g/mol. The maximum Gasteiger partial charge on any atom is 0.192 e. The Labute approximate surface area is 162 Å². The highest BCUT2D eigenvalue weighted by Gasteiger charge is 2.44. The number of hydrogen-bond donors (Lipinski definition) is 0. The highest BCUT2D eigenvalue weighted by atomic mass is 28.4. The van der Waals surface area contributed by atoms with Gasteiger partial charge in [0.15, 0.2) is 14.1 Å². The molecule has 0 aliphatic carbocycles. The van der Waals surface area contributed by atoms with Gasteiger partial charge in [0.25, 0.3) is 0 Å². The molecule has 0 N–H and O–H groups in total. The number of ether oxygens (including phenoxy) is 1. The first-order chi connectivity index (χ1) is 11.7. The summed E-state index contributed by atoms with van der Waals surface area (Å²) < 4.78 is 12.5. The third-order valence-electron chi connectivity index (χ3n) is 5.66. The van der Waals surface area contributed by atoms with E-state index in [-0.39, 0.29) is 28.8 Å². The summed E-state index contributed by atoms with van der Waals surface area (Å²) in [5.41, 5.74) is -0.989. The lowest BCUT2D eigenvalue weighted by Gasteiger charge is -2.43. The Morgan fingerprint density at radius 1 is 1.12 bits per heavy atom. The van der Waals surface area contributed by atoms with Crippen LogP contribution in [-0.2, 0) is 18.8 Å². The molecule has 0 aliphatic rings. The normalized spacial score (nSPS) is 16.8. The largest absolute Gasteiger partial charge is 0.413 e. The van der Waals surface area contributed by atoms with Gasteiger partial charge >= 0.3 is 0 Å². The van der Waals surface area contributed by atoms with Gasteiger partial charge in [0.05, 0.1) is 18.1 Å². The maximum atomic E-state index is 12.9. The van der Waals surface area contributed by atoms with Gasteiger partial charge in [0.1, 0.15) is 6.29 Å². The highest BCUT2D eigenvalue weighted by Crippen LogP contribution is 2.40. The molecule has 0 spiro atoms. The quantitative estimate of drug-likeness (QED) is 0.199. The molecule has 0 heterocycles. The van der Waals surface area contributed by atoms with Crippen LogP contribution in [0, 0.1) is 17.3 Å². The summed E-state index contributed by atoms with van der Waals surface area (Å²) in [5.74, 6) is -0.326. The molecule has 154 valence electrons. The summed E-state index contributed by atoms with van der Waals surface area (Å²) in [4.78, 5) is 24.3. The van der Waals surface area contributed by atoms with Crippen molar-refractivity contribution >= 4 is 20.4 Å². The molecule has 0 fully saturated rings. The molecule has 0 bridgehead atoms. The summed E-state index contributed by atoms with van der Waals surface area (Å²) in [7, 11) is -2.06. The summed E-state index contributed by atoms with van der Waals surface area (Å²) in [6.07, 6.45) is 2.63. The minimum absolute atomic E-state index is 0.0526. The van der Waals surface area contributed by atoms with E-state index in [2.05, 4.69) is 47.7 Å². The third-order valence-corrected chi connectivity index (χ3v) is 10.1. The zero-order valence-electron chi connectivity index (χ0n) is 18.8. The molecule has 0 saturated heterocycles. The van der Waals surface area contributed by atoms with Crippen LogP contribution >= 0.6 is 0 Å². The average Bonchev–Trinajstić information content (AvgIpc) is 2.53. The van der Waals surface area contributed by atoms with E-state index in [1.807, 2.05) is 6.92 Å². The van der Waals surface area contributed by atoms with Crippen molar-refractivity contribution in [2.45, 2.75) is 92.5 Å². The lowest BCUT2D eigenvalue weighted by molar-refractivity contribution is -0.139. The van der Waals surface area contributed by atoms with Crippen molar-refractivity contribution in [3.8, 4) is 0 Å². The van der Waals surface area contributed by atoms with Crippen LogP contribution in [0.5, 0.6) is 0 Å². The Hall–Kier alpha value is -0.523. The monoisotopic (exact) mass is 386 g/mol. The van der Waals surface area contributed by atoms with Crippen LogP contribution in [0.25, 0.3) is 0 Å². The second-order valence-corrected chi connectivity index (χ2v) is 14.5. The van der Waals surface area contributed by atoms with Crippen LogP contribution in [0.2, 0.25) is 18.1 Å². The molecule has 4 nitrogen and oxygen atoms in total. The van der Waals surface area contributed by atoms with Crippen LogP contribution in [0.15, 0.2) is 0 Å². The Bertz CT molecular complexity index is 451. The molecule has 0 unspecified atom stereocenters. The number of aldehydes is 1. The molecular weight excluding hydrogens is 344 g/mol. The Morgan fingerprint density at radius 3 is 2.08 bits per heavy atom. The van der Waals surface area contributed by atoms with Gasteiger partial charge in [0.2, 0.25) is 0 Å². The van der Waals surface area contributed by atoms with Crippen molar-refractivity contribution in [2.75, 3.05) is 13.2 Å². The zero-order chi connectivity index (χ0) is 20.8. The van der Waals surface area contributed by atoms with Gasteiger partial charge in [-0.05, 0) is 38.4 Å². The van der Waals surface area contributed by atoms with Gasteiger partial charge in [-0.1, -0.05) is 48.0 Å². The van der Waals surface area contributed by atoms with Crippen molar-refractivity contribution in [3.05, 3.63) is 0 Å². The summed E-state index contributed by atoms with van der Waals surface area (Å²) >= 11 is 0. The molecule has 0 amide bonds. The number of Topliss-reactive ketones (excluding diaryl/α,β-unsaturated/α-hetero) is 1. The van der Waals surface area contributed by atoms with Gasteiger partial charge in [-0.15, -0.1) is 0 Å². The summed E-state index contributed by atoms with van der Waals surface area (Å²) in [6, 6.07) is 0. The first kappa shape index (κ1) is 25.5. The first-order valence-corrected chi connectivity index (χ1v) is 12.9. The summed E-state index contributed by atoms with van der Waals surface area (Å²) in [5, 5.41) is 0.0526. The molecule has 0 radical (unpaired) electrons. The van der Waals surface area contributed by atoms with Gasteiger partial charge in [0, 0.05) is 18.4 Å². The van der Waals surface area contributed by atoms with E-state index in [1.165, 1.54) is 0 Å². The Kier molecular flexibility index (Phi) is 9.94. The number of carbonyl (C=O) groups is 2. The third kappa shape index (κ3) is 7.24. The minimum Gasteiger partial charge on any atom is -0.413 e. The van der Waals surface area contributed by atoms with Crippen LogP contribution < -0.4 is 0 Å². The van der Waals surface area contributed by atoms with Crippen LogP contribution in [0.1, 0.15) is 68.2 Å². The fourth-order valence-electron chi connectivity index (χ4n) is 2.63. The van der Waals surface area contributed by atoms with Gasteiger partial charge in [-0.2, -0.15) is 0 Å². The van der Waals surface area contributed by atoms with Crippen LogP contribution in [0.4, 0.5) is 0 Å². The predicted octanol–water partition coefficient (Wildman–Crippen LogP) is 5.26. The van der Waals surface area contributed by atoms with E-state index < -0.39 is 13.7 Å². The smallest absolute Gasteiger partial charge is 0.192 e. The standard InChI is InChI=1S/C21H42O4Si/c1-11-12-13-24-14-16(2)18(25-26(9,10)20(4,5)6)17(3)19(23)21(7,8)15-22/h15-18H,11-14H2,1-10H3/t16-,17+,18-/m0/s1. The molecule has 0 rings (SSSR count). The van der Waals surface area contributed by atoms with E-state index >= 15 is 0 Å². The lowest BCUT2D eigenvalue weighted by atomic mass is 9.78. The van der Waals surface area contributed by atoms with Crippen molar-refractivity contribution in [2.24, 2.45) is 17.3 Å². The highest BCUT2D eigenvalue weighted by molar-refractivity contribution is 6.74. The lowest BCUT2D eigenvalue weighted by Crippen LogP contribution is -2.50. The minimum atomic E-state index is -2.06. The SMILES string of the molecule is CCCCOC[C@H](C)[C@H](O[Si](C)(C)C(C)(C)C)[C@@H](C)C(=O)C(C)(C)C=O. The summed E-state index contributed by atoms with van der Waals surface area (Å²) in [6.45, 7) is 21.8. The number of unbranched alkanes of at least 4 members (excludes halogenated alkanes) is 1. The molecule has 0 aromatic heterocycles. The Morgan fingerprint density at radius 2 is 1.65 bits per heavy atom. The number of ketones is 1. The van der Waals surface area contributed by atoms with Gasteiger partial charge in [-0.25, -0.2) is 0 Å². The molecule has 3 atom stereocenters. The first-order valence-electron chi connectivity index (χ1n) is 9.97. The molecular formula is C21H42O4Si. The van der Waals surface area contributed by atoms with Crippen LogP contribution in [-0.4, -0.2) is 39.7 Å².